The highest BCUT2D eigenvalue weighted by Gasteiger charge is 2.22. The zero-order chi connectivity index (χ0) is 16.6. The van der Waals surface area contributed by atoms with Crippen molar-refractivity contribution in [2.45, 2.75) is 11.4 Å². The third kappa shape index (κ3) is 2.77. The minimum absolute atomic E-state index is 0.277. The van der Waals surface area contributed by atoms with Crippen LogP contribution in [-0.2, 0) is 16.8 Å². The summed E-state index contributed by atoms with van der Waals surface area (Å²) in [6.07, 6.45) is 3.30. The van der Waals surface area contributed by atoms with Gasteiger partial charge < -0.3 is 9.50 Å². The van der Waals surface area contributed by atoms with Crippen molar-refractivity contribution in [1.29, 1.82) is 0 Å². The van der Waals surface area contributed by atoms with E-state index in [1.54, 1.807) is 24.5 Å². The fourth-order valence-corrected chi connectivity index (χ4v) is 5.28. The van der Waals surface area contributed by atoms with E-state index in [4.69, 9.17) is 15.8 Å². The van der Waals surface area contributed by atoms with E-state index >= 15 is 0 Å². The molecule has 3 aromatic rings. The van der Waals surface area contributed by atoms with Crippen molar-refractivity contribution < 1.29 is 8.39 Å². The third-order valence-corrected chi connectivity index (χ3v) is 6.81. The number of thiol groups is 1. The average Bonchev–Trinajstić information content (AvgIpc) is 2.75. The topological polar surface area (TPSA) is 64.1 Å². The molecule has 4 rings (SSSR count). The molecular formula is C17H16ClN3O2S. The molecule has 0 aliphatic carbocycles. The van der Waals surface area contributed by atoms with Crippen LogP contribution in [0.2, 0.25) is 5.02 Å². The second-order valence-corrected chi connectivity index (χ2v) is 8.49. The average molecular weight is 362 g/mol. The smallest absolute Gasteiger partial charge is 0.243 e. The van der Waals surface area contributed by atoms with Gasteiger partial charge in [-0.1, -0.05) is 29.8 Å². The Morgan fingerprint density at radius 2 is 2.12 bits per heavy atom. The van der Waals surface area contributed by atoms with Crippen molar-refractivity contribution >= 4 is 32.7 Å². The van der Waals surface area contributed by atoms with Crippen molar-refractivity contribution in [3.63, 3.8) is 0 Å². The van der Waals surface area contributed by atoms with Crippen molar-refractivity contribution in [2.24, 2.45) is 0 Å². The second kappa shape index (κ2) is 6.12. The normalized spacial score (nSPS) is 17.7. The molecule has 3 heterocycles. The van der Waals surface area contributed by atoms with Gasteiger partial charge in [0.25, 0.3) is 0 Å². The summed E-state index contributed by atoms with van der Waals surface area (Å²) in [6.45, 7) is 1.30. The fraction of sp³-hybridized carbons (Fsp3) is 0.176. The molecule has 5 nitrogen and oxygen atoms in total. The van der Waals surface area contributed by atoms with Gasteiger partial charge in [-0.05, 0) is 17.7 Å². The van der Waals surface area contributed by atoms with E-state index in [1.165, 1.54) is 0 Å². The Kier molecular flexibility index (Phi) is 3.96. The van der Waals surface area contributed by atoms with Crippen LogP contribution in [0.4, 0.5) is 0 Å². The van der Waals surface area contributed by atoms with Crippen LogP contribution in [0.15, 0.2) is 53.7 Å². The number of pyridine rings is 2. The number of nitrogens with one attached hydrogen (secondary N) is 1. The molecule has 24 heavy (non-hydrogen) atoms. The molecule has 0 atom stereocenters. The molecule has 1 aromatic carbocycles. The van der Waals surface area contributed by atoms with E-state index in [1.807, 2.05) is 24.3 Å². The van der Waals surface area contributed by atoms with E-state index < -0.39 is 10.2 Å². The van der Waals surface area contributed by atoms with Crippen LogP contribution in [-0.4, -0.2) is 26.5 Å². The molecule has 0 unspecified atom stereocenters. The van der Waals surface area contributed by atoms with Gasteiger partial charge in [-0.25, -0.2) is 4.98 Å². The zero-order valence-electron chi connectivity index (χ0n) is 12.8. The minimum atomic E-state index is -3.07. The minimum Gasteiger partial charge on any atom is -0.374 e. The third-order valence-electron chi connectivity index (χ3n) is 4.03. The number of nitrogens with zero attached hydrogens (tertiary/aromatic N) is 2. The molecule has 124 valence electrons. The number of aromatic nitrogens is 2. The Balaban J connectivity index is 1.78. The highest BCUT2D eigenvalue weighted by atomic mass is 35.5. The number of halogens is 1. The van der Waals surface area contributed by atoms with Crippen LogP contribution in [0.5, 0.6) is 5.88 Å². The van der Waals surface area contributed by atoms with Crippen LogP contribution >= 0.6 is 11.6 Å². The first-order chi connectivity index (χ1) is 11.7. The van der Waals surface area contributed by atoms with E-state index in [0.717, 1.165) is 15.8 Å². The monoisotopic (exact) mass is 361 g/mol. The maximum atomic E-state index is 13.5. The Hall–Kier alpha value is -2.02. The maximum absolute atomic E-state index is 13.5. The van der Waals surface area contributed by atoms with Gasteiger partial charge in [-0.15, -0.1) is 10.2 Å². The number of benzene rings is 1. The molecule has 1 aliphatic heterocycles. The lowest BCUT2D eigenvalue weighted by atomic mass is 10.2. The van der Waals surface area contributed by atoms with Gasteiger partial charge in [-0.3, -0.25) is 4.98 Å². The predicted octanol–water partition coefficient (Wildman–Crippen LogP) is 2.76. The number of hydrogen-bond acceptors (Lipinski definition) is 5. The predicted molar refractivity (Wildman–Crippen MR) is 96.0 cm³/mol. The lowest BCUT2D eigenvalue weighted by molar-refractivity contribution is 0.526. The molecule has 1 aliphatic rings. The fourth-order valence-electron chi connectivity index (χ4n) is 2.86. The highest BCUT2D eigenvalue weighted by molar-refractivity contribution is 7.99. The Labute approximate surface area is 145 Å². The summed E-state index contributed by atoms with van der Waals surface area (Å²) in [5.74, 6) is 0.691. The van der Waals surface area contributed by atoms with Crippen LogP contribution in [0.3, 0.4) is 0 Å². The summed E-state index contributed by atoms with van der Waals surface area (Å²) in [5, 5.41) is 4.50. The van der Waals surface area contributed by atoms with E-state index in [0.29, 0.717) is 29.4 Å². The van der Waals surface area contributed by atoms with Gasteiger partial charge in [0.2, 0.25) is 5.88 Å². The summed E-state index contributed by atoms with van der Waals surface area (Å²) in [6, 6.07) is 11.0. The van der Waals surface area contributed by atoms with E-state index in [2.05, 4.69) is 15.3 Å². The van der Waals surface area contributed by atoms with Gasteiger partial charge in [0.15, 0.2) is 0 Å². The molecule has 0 amide bonds. The molecule has 0 spiro atoms. The summed E-state index contributed by atoms with van der Waals surface area (Å²) in [4.78, 5) is 9.24. The molecule has 0 fully saturated rings. The van der Waals surface area contributed by atoms with E-state index in [9.17, 15) is 4.21 Å². The van der Waals surface area contributed by atoms with Crippen LogP contribution in [0, 0.1) is 0 Å². The van der Waals surface area contributed by atoms with Gasteiger partial charge in [0, 0.05) is 36.9 Å². The Morgan fingerprint density at radius 3 is 3.04 bits per heavy atom. The van der Waals surface area contributed by atoms with Crippen molar-refractivity contribution in [3.8, 4) is 5.88 Å². The summed E-state index contributed by atoms with van der Waals surface area (Å²) < 4.78 is 19.5. The second-order valence-electron chi connectivity index (χ2n) is 5.63. The largest absolute Gasteiger partial charge is 0.374 e. The molecule has 1 N–H and O–H groups in total. The van der Waals surface area contributed by atoms with Gasteiger partial charge in [0.05, 0.1) is 21.2 Å². The quantitative estimate of drug-likeness (QED) is 0.687. The van der Waals surface area contributed by atoms with Crippen molar-refractivity contribution in [2.75, 3.05) is 12.3 Å². The molecule has 0 radical (unpaired) electrons. The van der Waals surface area contributed by atoms with Gasteiger partial charge in [0.1, 0.15) is 0 Å². The summed E-state index contributed by atoms with van der Waals surface area (Å²) >= 11 is 6.30. The molecule has 0 saturated carbocycles. The molecule has 0 saturated heterocycles. The molecular weight excluding hydrogens is 346 g/mol. The maximum Gasteiger partial charge on any atom is 0.243 e. The Bertz CT molecular complexity index is 963. The van der Waals surface area contributed by atoms with Crippen LogP contribution < -0.4 is 9.50 Å². The first-order valence-electron chi connectivity index (χ1n) is 7.64. The summed E-state index contributed by atoms with van der Waals surface area (Å²) in [7, 11) is -3.07. The van der Waals surface area contributed by atoms with Gasteiger partial charge >= 0.3 is 0 Å². The standard InChI is InChI=1S/C17H16ClN3O2S/c18-14-9-17(21-15-5-6-19-11-13(14)15)23-24(22)8-7-20-10-12-3-1-2-4-16(12)24/h1-6,9,11,20,24H,7-8,10H2. The number of hydrogen-bond donors (Lipinski definition) is 2. The summed E-state index contributed by atoms with van der Waals surface area (Å²) in [5.41, 5.74) is 1.66. The SMILES string of the molecule is O=[SH]1(Oc2cc(Cl)c3cnccc3n2)CCNCc2ccccc21. The number of fused-ring (bicyclic) bond motifs is 2. The van der Waals surface area contributed by atoms with Crippen LogP contribution in [0.25, 0.3) is 10.9 Å². The lowest BCUT2D eigenvalue weighted by Crippen LogP contribution is -2.28. The molecule has 7 heteroatoms. The van der Waals surface area contributed by atoms with Gasteiger partial charge in [-0.2, -0.15) is 4.21 Å². The number of rotatable bonds is 2. The van der Waals surface area contributed by atoms with E-state index in [-0.39, 0.29) is 5.88 Å². The highest BCUT2D eigenvalue weighted by Crippen LogP contribution is 2.31. The van der Waals surface area contributed by atoms with Crippen molar-refractivity contribution in [3.05, 3.63) is 59.4 Å². The van der Waals surface area contributed by atoms with Crippen molar-refractivity contribution in [1.82, 2.24) is 15.3 Å². The molecule has 0 bridgehead atoms. The van der Waals surface area contributed by atoms with Crippen LogP contribution in [0.1, 0.15) is 5.56 Å². The lowest BCUT2D eigenvalue weighted by Gasteiger charge is -2.29. The zero-order valence-corrected chi connectivity index (χ0v) is 14.4. The molecule has 2 aromatic heterocycles. The first-order valence-corrected chi connectivity index (χ1v) is 9.83. The Morgan fingerprint density at radius 1 is 1.25 bits per heavy atom. The first kappa shape index (κ1) is 15.5.